The molecule has 0 aliphatic heterocycles. The van der Waals surface area contributed by atoms with Crippen LogP contribution in [0.25, 0.3) is 0 Å². The highest BCUT2D eigenvalue weighted by atomic mass is 79.9. The molecule has 100 valence electrons. The molecule has 1 unspecified atom stereocenters. The van der Waals surface area contributed by atoms with Crippen LogP contribution >= 0.6 is 15.9 Å². The Bertz CT molecular complexity index is 597. The van der Waals surface area contributed by atoms with Gasteiger partial charge in [-0.05, 0) is 37.6 Å². The van der Waals surface area contributed by atoms with Gasteiger partial charge in [-0.3, -0.25) is 0 Å². The minimum absolute atomic E-state index is 0.0682. The molecule has 0 amide bonds. The zero-order valence-corrected chi connectivity index (χ0v) is 12.2. The lowest BCUT2D eigenvalue weighted by Gasteiger charge is -2.15. The molecule has 2 aromatic carbocycles. The van der Waals surface area contributed by atoms with Gasteiger partial charge in [0.2, 0.25) is 0 Å². The number of halogens is 2. The van der Waals surface area contributed by atoms with Gasteiger partial charge < -0.3 is 9.84 Å². The molecule has 0 aromatic heterocycles. The van der Waals surface area contributed by atoms with E-state index >= 15 is 0 Å². The Kier molecular flexibility index (Phi) is 4.22. The molecule has 0 saturated carbocycles. The van der Waals surface area contributed by atoms with Crippen LogP contribution in [0.2, 0.25) is 0 Å². The first-order chi connectivity index (χ1) is 8.99. The Morgan fingerprint density at radius 2 is 2.00 bits per heavy atom. The lowest BCUT2D eigenvalue weighted by Crippen LogP contribution is -1.99. The molecule has 1 N–H and O–H groups in total. The maximum Gasteiger partial charge on any atom is 0.168 e. The number of para-hydroxylation sites is 1. The SMILES string of the molecule is Cc1ccc(Br)cc1Oc1c(F)cccc1C(C)O. The molecule has 2 nitrogen and oxygen atoms in total. The second-order valence-electron chi connectivity index (χ2n) is 4.35. The van der Waals surface area contributed by atoms with Crippen molar-refractivity contribution in [3.05, 3.63) is 57.8 Å². The van der Waals surface area contributed by atoms with Crippen LogP contribution in [0, 0.1) is 12.7 Å². The normalized spacial score (nSPS) is 12.3. The van der Waals surface area contributed by atoms with Crippen LogP contribution in [0.4, 0.5) is 4.39 Å². The van der Waals surface area contributed by atoms with Crippen molar-refractivity contribution in [2.75, 3.05) is 0 Å². The molecular formula is C15H14BrFO2. The largest absolute Gasteiger partial charge is 0.454 e. The maximum atomic E-state index is 13.9. The molecule has 0 fully saturated rings. The molecule has 1 atom stereocenters. The number of hydrogen-bond acceptors (Lipinski definition) is 2. The average molecular weight is 325 g/mol. The summed E-state index contributed by atoms with van der Waals surface area (Å²) in [5.41, 5.74) is 1.32. The fourth-order valence-corrected chi connectivity index (χ4v) is 2.10. The van der Waals surface area contributed by atoms with Gasteiger partial charge >= 0.3 is 0 Å². The average Bonchev–Trinajstić information content (AvgIpc) is 2.35. The minimum Gasteiger partial charge on any atom is -0.454 e. The Balaban J connectivity index is 2.46. The fraction of sp³-hybridized carbons (Fsp3) is 0.200. The van der Waals surface area contributed by atoms with E-state index in [0.29, 0.717) is 11.3 Å². The molecule has 0 aliphatic carbocycles. The maximum absolute atomic E-state index is 13.9. The third-order valence-electron chi connectivity index (χ3n) is 2.81. The lowest BCUT2D eigenvalue weighted by atomic mass is 10.1. The molecule has 0 saturated heterocycles. The van der Waals surface area contributed by atoms with Crippen molar-refractivity contribution in [1.82, 2.24) is 0 Å². The molecular weight excluding hydrogens is 311 g/mol. The number of rotatable bonds is 3. The molecule has 2 rings (SSSR count). The van der Waals surface area contributed by atoms with Gasteiger partial charge in [-0.15, -0.1) is 0 Å². The van der Waals surface area contributed by atoms with E-state index in [0.717, 1.165) is 10.0 Å². The first-order valence-electron chi connectivity index (χ1n) is 5.89. The van der Waals surface area contributed by atoms with Gasteiger partial charge in [-0.25, -0.2) is 4.39 Å². The molecule has 0 heterocycles. The van der Waals surface area contributed by atoms with Crippen LogP contribution < -0.4 is 4.74 Å². The predicted molar refractivity (Wildman–Crippen MR) is 76.0 cm³/mol. The molecule has 19 heavy (non-hydrogen) atoms. The third kappa shape index (κ3) is 3.14. The fourth-order valence-electron chi connectivity index (χ4n) is 1.76. The third-order valence-corrected chi connectivity index (χ3v) is 3.30. The molecule has 0 radical (unpaired) electrons. The van der Waals surface area contributed by atoms with Crippen LogP contribution in [-0.2, 0) is 0 Å². The van der Waals surface area contributed by atoms with E-state index in [4.69, 9.17) is 4.74 Å². The Labute approximate surface area is 120 Å². The van der Waals surface area contributed by atoms with Crippen molar-refractivity contribution in [2.45, 2.75) is 20.0 Å². The smallest absolute Gasteiger partial charge is 0.168 e. The molecule has 2 aromatic rings. The highest BCUT2D eigenvalue weighted by Gasteiger charge is 2.15. The van der Waals surface area contributed by atoms with Gasteiger partial charge in [0, 0.05) is 10.0 Å². The van der Waals surface area contributed by atoms with E-state index in [1.54, 1.807) is 25.1 Å². The quantitative estimate of drug-likeness (QED) is 0.883. The van der Waals surface area contributed by atoms with Gasteiger partial charge in [-0.2, -0.15) is 0 Å². The summed E-state index contributed by atoms with van der Waals surface area (Å²) in [6.07, 6.45) is -0.793. The van der Waals surface area contributed by atoms with Crippen LogP contribution in [-0.4, -0.2) is 5.11 Å². The highest BCUT2D eigenvalue weighted by molar-refractivity contribution is 9.10. The van der Waals surface area contributed by atoms with Crippen molar-refractivity contribution in [3.63, 3.8) is 0 Å². The zero-order chi connectivity index (χ0) is 14.0. The molecule has 0 bridgehead atoms. The Hall–Kier alpha value is -1.39. The molecule has 4 heteroatoms. The summed E-state index contributed by atoms with van der Waals surface area (Å²) in [4.78, 5) is 0. The van der Waals surface area contributed by atoms with Crippen LogP contribution in [0.3, 0.4) is 0 Å². The van der Waals surface area contributed by atoms with Gasteiger partial charge in [0.25, 0.3) is 0 Å². The second kappa shape index (κ2) is 5.72. The summed E-state index contributed by atoms with van der Waals surface area (Å²) in [5.74, 6) is 0.137. The van der Waals surface area contributed by atoms with Crippen molar-refractivity contribution in [1.29, 1.82) is 0 Å². The number of ether oxygens (including phenoxy) is 1. The summed E-state index contributed by atoms with van der Waals surface area (Å²) < 4.78 is 20.4. The van der Waals surface area contributed by atoms with Crippen molar-refractivity contribution in [3.8, 4) is 11.5 Å². The van der Waals surface area contributed by atoms with E-state index < -0.39 is 11.9 Å². The van der Waals surface area contributed by atoms with Crippen molar-refractivity contribution < 1.29 is 14.2 Å². The summed E-state index contributed by atoms with van der Waals surface area (Å²) >= 11 is 3.35. The van der Waals surface area contributed by atoms with E-state index in [1.807, 2.05) is 19.1 Å². The zero-order valence-electron chi connectivity index (χ0n) is 10.7. The standard InChI is InChI=1S/C15H14BrFO2/c1-9-6-7-11(16)8-14(9)19-15-12(10(2)18)4-3-5-13(15)17/h3-8,10,18H,1-2H3. The minimum atomic E-state index is -0.793. The number of aryl methyl sites for hydroxylation is 1. The van der Waals surface area contributed by atoms with Gasteiger partial charge in [0.15, 0.2) is 11.6 Å². The van der Waals surface area contributed by atoms with E-state index in [-0.39, 0.29) is 5.75 Å². The van der Waals surface area contributed by atoms with Crippen molar-refractivity contribution >= 4 is 15.9 Å². The lowest BCUT2D eigenvalue weighted by molar-refractivity contribution is 0.194. The molecule has 0 spiro atoms. The van der Waals surface area contributed by atoms with E-state index in [1.165, 1.54) is 6.07 Å². The highest BCUT2D eigenvalue weighted by Crippen LogP contribution is 2.34. The Morgan fingerprint density at radius 1 is 1.26 bits per heavy atom. The summed E-state index contributed by atoms with van der Waals surface area (Å²) in [7, 11) is 0. The molecule has 0 aliphatic rings. The number of benzene rings is 2. The number of aliphatic hydroxyl groups is 1. The number of hydrogen-bond donors (Lipinski definition) is 1. The summed E-state index contributed by atoms with van der Waals surface area (Å²) in [6.45, 7) is 3.46. The van der Waals surface area contributed by atoms with Gasteiger partial charge in [-0.1, -0.05) is 34.1 Å². The number of aliphatic hydroxyl groups excluding tert-OH is 1. The van der Waals surface area contributed by atoms with E-state index in [2.05, 4.69) is 15.9 Å². The van der Waals surface area contributed by atoms with Gasteiger partial charge in [0.05, 0.1) is 6.10 Å². The first kappa shape index (κ1) is 14.0. The van der Waals surface area contributed by atoms with Gasteiger partial charge in [0.1, 0.15) is 5.75 Å². The monoisotopic (exact) mass is 324 g/mol. The Morgan fingerprint density at radius 3 is 2.68 bits per heavy atom. The van der Waals surface area contributed by atoms with Crippen molar-refractivity contribution in [2.24, 2.45) is 0 Å². The first-order valence-corrected chi connectivity index (χ1v) is 6.69. The van der Waals surface area contributed by atoms with Crippen LogP contribution in [0.15, 0.2) is 40.9 Å². The topological polar surface area (TPSA) is 29.5 Å². The van der Waals surface area contributed by atoms with E-state index in [9.17, 15) is 9.50 Å². The van der Waals surface area contributed by atoms with Crippen LogP contribution in [0.1, 0.15) is 24.2 Å². The summed E-state index contributed by atoms with van der Waals surface area (Å²) in [5, 5.41) is 9.67. The second-order valence-corrected chi connectivity index (χ2v) is 5.26. The predicted octanol–water partition coefficient (Wildman–Crippen LogP) is 4.74. The van der Waals surface area contributed by atoms with Crippen LogP contribution in [0.5, 0.6) is 11.5 Å². The summed E-state index contributed by atoms with van der Waals surface area (Å²) in [6, 6.07) is 10.1.